The molecule has 0 atom stereocenters. The lowest BCUT2D eigenvalue weighted by atomic mass is 9.85. The van der Waals surface area contributed by atoms with Crippen molar-refractivity contribution < 1.29 is 0 Å². The van der Waals surface area contributed by atoms with Gasteiger partial charge in [-0.2, -0.15) is 0 Å². The van der Waals surface area contributed by atoms with Crippen LogP contribution < -0.4 is 5.73 Å². The van der Waals surface area contributed by atoms with Crippen molar-refractivity contribution in [2.75, 3.05) is 6.54 Å². The maximum Gasteiger partial charge on any atom is -0.00773 e. The second-order valence-corrected chi connectivity index (χ2v) is 3.76. The molecule has 0 saturated heterocycles. The highest BCUT2D eigenvalue weighted by Gasteiger charge is 2.13. The molecular weight excluding hydrogens is 122 g/mol. The maximum absolute atomic E-state index is 5.40. The molecule has 0 spiro atoms. The van der Waals surface area contributed by atoms with E-state index in [9.17, 15) is 0 Å². The van der Waals surface area contributed by atoms with E-state index >= 15 is 0 Å². The van der Waals surface area contributed by atoms with E-state index in [1.165, 1.54) is 25.7 Å². The quantitative estimate of drug-likeness (QED) is 0.588. The third kappa shape index (κ3) is 4.80. The van der Waals surface area contributed by atoms with Crippen LogP contribution in [0.3, 0.4) is 0 Å². The molecule has 62 valence electrons. The first kappa shape index (κ1) is 9.96. The van der Waals surface area contributed by atoms with E-state index in [0.29, 0.717) is 5.41 Å². The maximum atomic E-state index is 5.40. The van der Waals surface area contributed by atoms with Gasteiger partial charge in [-0.1, -0.05) is 33.6 Å². The zero-order valence-electron chi connectivity index (χ0n) is 7.61. The standard InChI is InChI=1S/C9H21N/c1-4-9(2,3)7-5-6-8-10/h4-8,10H2,1-3H3. The van der Waals surface area contributed by atoms with E-state index in [-0.39, 0.29) is 0 Å². The van der Waals surface area contributed by atoms with Crippen LogP contribution in [-0.4, -0.2) is 6.54 Å². The highest BCUT2D eigenvalue weighted by molar-refractivity contribution is 4.65. The van der Waals surface area contributed by atoms with Crippen molar-refractivity contribution in [2.24, 2.45) is 11.1 Å². The summed E-state index contributed by atoms with van der Waals surface area (Å²) in [4.78, 5) is 0. The number of unbranched alkanes of at least 4 members (excludes halogenated alkanes) is 1. The van der Waals surface area contributed by atoms with E-state index < -0.39 is 0 Å². The zero-order valence-corrected chi connectivity index (χ0v) is 7.61. The summed E-state index contributed by atoms with van der Waals surface area (Å²) < 4.78 is 0. The van der Waals surface area contributed by atoms with Crippen LogP contribution in [0.25, 0.3) is 0 Å². The molecule has 0 rings (SSSR count). The van der Waals surface area contributed by atoms with Crippen molar-refractivity contribution in [1.29, 1.82) is 0 Å². The monoisotopic (exact) mass is 143 g/mol. The molecule has 0 saturated carbocycles. The predicted octanol–water partition coefficient (Wildman–Crippen LogP) is 2.55. The first-order valence-electron chi connectivity index (χ1n) is 4.32. The first-order valence-corrected chi connectivity index (χ1v) is 4.32. The van der Waals surface area contributed by atoms with Crippen molar-refractivity contribution in [3.8, 4) is 0 Å². The number of hydrogen-bond donors (Lipinski definition) is 1. The van der Waals surface area contributed by atoms with Gasteiger partial charge in [0.25, 0.3) is 0 Å². The lowest BCUT2D eigenvalue weighted by Crippen LogP contribution is -2.10. The fourth-order valence-corrected chi connectivity index (χ4v) is 0.925. The fourth-order valence-electron chi connectivity index (χ4n) is 0.925. The lowest BCUT2D eigenvalue weighted by Gasteiger charge is -2.21. The normalized spacial score (nSPS) is 12.0. The second-order valence-electron chi connectivity index (χ2n) is 3.76. The first-order chi connectivity index (χ1) is 4.62. The highest BCUT2D eigenvalue weighted by Crippen LogP contribution is 2.26. The highest BCUT2D eigenvalue weighted by atomic mass is 14.5. The summed E-state index contributed by atoms with van der Waals surface area (Å²) in [5, 5.41) is 0. The molecule has 0 fully saturated rings. The van der Waals surface area contributed by atoms with Crippen LogP contribution in [0.1, 0.15) is 46.5 Å². The molecule has 0 aromatic carbocycles. The minimum atomic E-state index is 0.537. The Bertz CT molecular complexity index is 76.8. The fraction of sp³-hybridized carbons (Fsp3) is 1.00. The van der Waals surface area contributed by atoms with Crippen molar-refractivity contribution >= 4 is 0 Å². The van der Waals surface area contributed by atoms with Crippen LogP contribution >= 0.6 is 0 Å². The van der Waals surface area contributed by atoms with Crippen molar-refractivity contribution in [1.82, 2.24) is 0 Å². The smallest absolute Gasteiger partial charge is 0.00773 e. The largest absolute Gasteiger partial charge is 0.330 e. The number of nitrogens with two attached hydrogens (primary N) is 1. The molecule has 0 unspecified atom stereocenters. The van der Waals surface area contributed by atoms with Crippen molar-refractivity contribution in [2.45, 2.75) is 46.5 Å². The van der Waals surface area contributed by atoms with Crippen LogP contribution in [0.15, 0.2) is 0 Å². The third-order valence-corrected chi connectivity index (χ3v) is 2.26. The van der Waals surface area contributed by atoms with Gasteiger partial charge >= 0.3 is 0 Å². The summed E-state index contributed by atoms with van der Waals surface area (Å²) in [6.45, 7) is 7.75. The zero-order chi connectivity index (χ0) is 8.04. The topological polar surface area (TPSA) is 26.0 Å². The van der Waals surface area contributed by atoms with Gasteiger partial charge in [0.1, 0.15) is 0 Å². The Hall–Kier alpha value is -0.0400. The molecule has 0 aliphatic heterocycles. The van der Waals surface area contributed by atoms with E-state index in [4.69, 9.17) is 5.73 Å². The van der Waals surface area contributed by atoms with E-state index in [1.807, 2.05) is 0 Å². The molecule has 0 radical (unpaired) electrons. The molecule has 0 amide bonds. The summed E-state index contributed by atoms with van der Waals surface area (Å²) in [5.41, 5.74) is 5.94. The summed E-state index contributed by atoms with van der Waals surface area (Å²) in [7, 11) is 0. The van der Waals surface area contributed by atoms with Gasteiger partial charge < -0.3 is 5.73 Å². The summed E-state index contributed by atoms with van der Waals surface area (Å²) >= 11 is 0. The van der Waals surface area contributed by atoms with Crippen LogP contribution in [0.5, 0.6) is 0 Å². The van der Waals surface area contributed by atoms with E-state index in [0.717, 1.165) is 6.54 Å². The SMILES string of the molecule is CCC(C)(C)CCCCN. The molecule has 0 aliphatic rings. The Morgan fingerprint density at radius 3 is 2.20 bits per heavy atom. The van der Waals surface area contributed by atoms with Gasteiger partial charge in [-0.05, 0) is 24.8 Å². The van der Waals surface area contributed by atoms with Gasteiger partial charge in [-0.3, -0.25) is 0 Å². The summed E-state index contributed by atoms with van der Waals surface area (Å²) in [6.07, 6.45) is 5.07. The molecule has 10 heavy (non-hydrogen) atoms. The average molecular weight is 143 g/mol. The van der Waals surface area contributed by atoms with E-state index in [2.05, 4.69) is 20.8 Å². The van der Waals surface area contributed by atoms with Gasteiger partial charge in [0, 0.05) is 0 Å². The van der Waals surface area contributed by atoms with E-state index in [1.54, 1.807) is 0 Å². The Kier molecular flexibility index (Phi) is 4.71. The van der Waals surface area contributed by atoms with Crippen LogP contribution in [-0.2, 0) is 0 Å². The van der Waals surface area contributed by atoms with Crippen molar-refractivity contribution in [3.05, 3.63) is 0 Å². The van der Waals surface area contributed by atoms with Gasteiger partial charge in [-0.25, -0.2) is 0 Å². The molecule has 2 N–H and O–H groups in total. The average Bonchev–Trinajstić information content (AvgIpc) is 1.89. The molecule has 1 nitrogen and oxygen atoms in total. The minimum Gasteiger partial charge on any atom is -0.330 e. The minimum absolute atomic E-state index is 0.537. The van der Waals surface area contributed by atoms with Crippen molar-refractivity contribution in [3.63, 3.8) is 0 Å². The predicted molar refractivity (Wildman–Crippen MR) is 47.0 cm³/mol. The van der Waals surface area contributed by atoms with Crippen LogP contribution in [0.4, 0.5) is 0 Å². The van der Waals surface area contributed by atoms with Crippen LogP contribution in [0.2, 0.25) is 0 Å². The van der Waals surface area contributed by atoms with Crippen LogP contribution in [0, 0.1) is 5.41 Å². The third-order valence-electron chi connectivity index (χ3n) is 2.26. The summed E-state index contributed by atoms with van der Waals surface area (Å²) in [5.74, 6) is 0. The van der Waals surface area contributed by atoms with Gasteiger partial charge in [-0.15, -0.1) is 0 Å². The van der Waals surface area contributed by atoms with Gasteiger partial charge in [0.15, 0.2) is 0 Å². The molecule has 1 heteroatoms. The molecule has 0 aromatic rings. The number of rotatable bonds is 5. The second kappa shape index (κ2) is 4.73. The van der Waals surface area contributed by atoms with Gasteiger partial charge in [0.05, 0.1) is 0 Å². The van der Waals surface area contributed by atoms with Gasteiger partial charge in [0.2, 0.25) is 0 Å². The molecule has 0 bridgehead atoms. The Balaban J connectivity index is 3.28. The number of hydrogen-bond acceptors (Lipinski definition) is 1. The lowest BCUT2D eigenvalue weighted by molar-refractivity contribution is 0.310. The molecular formula is C9H21N. The molecule has 0 heterocycles. The Morgan fingerprint density at radius 1 is 1.20 bits per heavy atom. The summed E-state index contributed by atoms with van der Waals surface area (Å²) in [6, 6.07) is 0. The molecule has 0 aromatic heterocycles. The Morgan fingerprint density at radius 2 is 1.80 bits per heavy atom. The Labute approximate surface area is 65.0 Å². The molecule has 0 aliphatic carbocycles.